The first-order chi connectivity index (χ1) is 17.0. The van der Waals surface area contributed by atoms with Crippen LogP contribution in [0.3, 0.4) is 0 Å². The number of piperidine rings is 1. The molecular weight excluding hydrogens is 338 g/mol. The fourth-order valence-corrected chi connectivity index (χ4v) is 3.22. The maximum Gasteiger partial charge on any atom is 0.348 e. The zero-order chi connectivity index (χ0) is 27.7. The molecule has 27 heavy (non-hydrogen) atoms. The van der Waals surface area contributed by atoms with Crippen molar-refractivity contribution in [3.05, 3.63) is 71.8 Å². The molecule has 1 aliphatic rings. The van der Waals surface area contributed by atoms with Gasteiger partial charge in [-0.1, -0.05) is 67.5 Å². The first-order valence-electron chi connectivity index (χ1n) is 13.8. The second-order valence-corrected chi connectivity index (χ2v) is 6.33. The summed E-state index contributed by atoms with van der Waals surface area (Å²) in [4.78, 5) is 15.3. The number of rotatable bonds is 7. The Morgan fingerprint density at radius 3 is 2.22 bits per heavy atom. The number of likely N-dealkylation sites (tertiary alicyclic amines) is 1. The van der Waals surface area contributed by atoms with Crippen molar-refractivity contribution in [2.75, 3.05) is 26.6 Å². The van der Waals surface area contributed by atoms with Gasteiger partial charge < -0.3 is 14.4 Å². The van der Waals surface area contributed by atoms with Crippen molar-refractivity contribution in [3.63, 3.8) is 0 Å². The van der Waals surface area contributed by atoms with E-state index < -0.39 is 44.4 Å². The second-order valence-electron chi connectivity index (χ2n) is 6.33. The molecule has 2 aromatic carbocycles. The molecule has 0 unspecified atom stereocenters. The monoisotopic (exact) mass is 377 g/mol. The van der Waals surface area contributed by atoms with Crippen LogP contribution in [0.25, 0.3) is 0 Å². The molecule has 144 valence electrons. The third-order valence-corrected chi connectivity index (χ3v) is 4.62. The number of esters is 1. The molecule has 1 aliphatic heterocycles. The summed E-state index contributed by atoms with van der Waals surface area (Å²) in [6, 6.07) is 15.5. The normalized spacial score (nSPS) is 23.7. The Kier molecular flexibility index (Phi) is 3.53. The van der Waals surface area contributed by atoms with Crippen LogP contribution in [-0.2, 0) is 19.9 Å². The van der Waals surface area contributed by atoms with Crippen molar-refractivity contribution in [2.45, 2.75) is 37.8 Å². The van der Waals surface area contributed by atoms with E-state index in [9.17, 15) is 4.79 Å². The van der Waals surface area contributed by atoms with Crippen LogP contribution < -0.4 is 0 Å². The van der Waals surface area contributed by atoms with Crippen molar-refractivity contribution < 1.29 is 28.0 Å². The van der Waals surface area contributed by atoms with Crippen LogP contribution in [0.5, 0.6) is 0 Å². The molecule has 0 amide bonds. The van der Waals surface area contributed by atoms with E-state index in [2.05, 4.69) is 0 Å². The van der Waals surface area contributed by atoms with E-state index in [1.165, 1.54) is 29.2 Å². The highest BCUT2D eigenvalue weighted by Crippen LogP contribution is 2.36. The van der Waals surface area contributed by atoms with Crippen LogP contribution in [0.15, 0.2) is 60.7 Å². The minimum absolute atomic E-state index is 0.108. The topological polar surface area (TPSA) is 38.8 Å². The molecule has 4 nitrogen and oxygen atoms in total. The minimum Gasteiger partial charge on any atom is -0.460 e. The molecule has 0 aliphatic carbocycles. The summed E-state index contributed by atoms with van der Waals surface area (Å²) in [5.41, 5.74) is -2.15. The van der Waals surface area contributed by atoms with E-state index in [4.69, 9.17) is 23.2 Å². The number of carbonyl (C=O) groups is 1. The number of hydrogen-bond acceptors (Lipinski definition) is 4. The van der Waals surface area contributed by atoms with E-state index in [-0.39, 0.29) is 37.1 Å². The van der Waals surface area contributed by atoms with Gasteiger partial charge in [-0.3, -0.25) is 0 Å². The Balaban J connectivity index is 2.08. The maximum absolute atomic E-state index is 14.0. The minimum atomic E-state index is -3.50. The Labute approximate surface area is 176 Å². The lowest BCUT2D eigenvalue weighted by Gasteiger charge is -2.36. The van der Waals surface area contributed by atoms with Gasteiger partial charge in [0.05, 0.1) is 2.74 Å². The predicted octanol–water partition coefficient (Wildman–Crippen LogP) is 3.99. The first-order valence-corrected chi connectivity index (χ1v) is 8.80. The van der Waals surface area contributed by atoms with E-state index in [1.807, 2.05) is 0 Å². The Bertz CT molecular complexity index is 1010. The summed E-state index contributed by atoms with van der Waals surface area (Å²) in [6.45, 7) is -8.90. The third-order valence-electron chi connectivity index (χ3n) is 4.62. The summed E-state index contributed by atoms with van der Waals surface area (Å²) in [5.74, 6) is -1.07. The SMILES string of the molecule is [2H]C([2H])([2H])N1CCC(OC(=O)C(OC([2H])([2H])C([2H])([2H])C([2H])([2H])[2H])(c2ccccc2)c2ccccc2)CC1. The summed E-state index contributed by atoms with van der Waals surface area (Å²) in [6.07, 6.45) is -3.81. The molecule has 1 heterocycles. The van der Waals surface area contributed by atoms with Crippen molar-refractivity contribution in [1.29, 1.82) is 0 Å². The van der Waals surface area contributed by atoms with Crippen LogP contribution in [-0.4, -0.2) is 43.6 Å². The van der Waals surface area contributed by atoms with Gasteiger partial charge in [0.1, 0.15) is 6.10 Å². The molecule has 0 atom stereocenters. The summed E-state index contributed by atoms with van der Waals surface area (Å²) < 4.78 is 89.7. The standard InChI is InChI=1S/C23H29NO3/c1-3-18-26-23(19-10-6-4-7-11-19,20-12-8-5-9-13-20)22(25)27-21-14-16-24(2)17-15-21/h4-13,21H,3,14-18H2,1-2H3/i1D3,2D3,3D2,18D2. The average Bonchev–Trinajstić information content (AvgIpc) is 2.82. The van der Waals surface area contributed by atoms with Crippen LogP contribution in [0, 0.1) is 0 Å². The van der Waals surface area contributed by atoms with Gasteiger partial charge in [0.15, 0.2) is 0 Å². The second kappa shape index (κ2) is 9.16. The molecule has 0 saturated carbocycles. The van der Waals surface area contributed by atoms with Gasteiger partial charge in [-0.25, -0.2) is 4.79 Å². The van der Waals surface area contributed by atoms with Gasteiger partial charge in [0, 0.05) is 30.6 Å². The van der Waals surface area contributed by atoms with Crippen LogP contribution in [0.4, 0.5) is 0 Å². The third kappa shape index (κ3) is 4.40. The largest absolute Gasteiger partial charge is 0.460 e. The van der Waals surface area contributed by atoms with Gasteiger partial charge in [-0.05, 0) is 37.3 Å². The zero-order valence-electron chi connectivity index (χ0n) is 24.9. The Morgan fingerprint density at radius 2 is 1.70 bits per heavy atom. The summed E-state index contributed by atoms with van der Waals surface area (Å²) in [5, 5.41) is 0. The predicted molar refractivity (Wildman–Crippen MR) is 107 cm³/mol. The lowest BCUT2D eigenvalue weighted by atomic mass is 9.85. The highest BCUT2D eigenvalue weighted by atomic mass is 16.6. The van der Waals surface area contributed by atoms with Crippen LogP contribution in [0.1, 0.15) is 50.9 Å². The zero-order valence-corrected chi connectivity index (χ0v) is 14.9. The van der Waals surface area contributed by atoms with Crippen molar-refractivity contribution in [3.8, 4) is 0 Å². The van der Waals surface area contributed by atoms with Gasteiger partial charge in [0.2, 0.25) is 5.60 Å². The van der Waals surface area contributed by atoms with E-state index in [1.54, 1.807) is 36.4 Å². The fraction of sp³-hybridized carbons (Fsp3) is 0.435. The van der Waals surface area contributed by atoms with Crippen LogP contribution >= 0.6 is 0 Å². The average molecular weight is 378 g/mol. The molecule has 1 fully saturated rings. The lowest BCUT2D eigenvalue weighted by Crippen LogP contribution is -2.45. The smallest absolute Gasteiger partial charge is 0.348 e. The highest BCUT2D eigenvalue weighted by molar-refractivity contribution is 5.86. The molecule has 2 aromatic rings. The molecule has 0 spiro atoms. The molecule has 1 saturated heterocycles. The Morgan fingerprint density at radius 1 is 1.11 bits per heavy atom. The molecule has 0 bridgehead atoms. The highest BCUT2D eigenvalue weighted by Gasteiger charge is 2.46. The van der Waals surface area contributed by atoms with Gasteiger partial charge >= 0.3 is 5.97 Å². The van der Waals surface area contributed by atoms with E-state index in [0.717, 1.165) is 0 Å². The quantitative estimate of drug-likeness (QED) is 0.684. The lowest BCUT2D eigenvalue weighted by molar-refractivity contribution is -0.176. The molecule has 0 N–H and O–H groups in total. The van der Waals surface area contributed by atoms with Gasteiger partial charge in [-0.2, -0.15) is 0 Å². The summed E-state index contributed by atoms with van der Waals surface area (Å²) in [7, 11) is 0. The first kappa shape index (κ1) is 10.4. The number of nitrogens with zero attached hydrogens (tertiary/aromatic N) is 1. The molecule has 0 aromatic heterocycles. The van der Waals surface area contributed by atoms with Crippen LogP contribution in [0.2, 0.25) is 0 Å². The maximum atomic E-state index is 14.0. The molecule has 0 radical (unpaired) electrons. The summed E-state index contributed by atoms with van der Waals surface area (Å²) >= 11 is 0. The van der Waals surface area contributed by atoms with Gasteiger partial charge in [0.25, 0.3) is 0 Å². The van der Waals surface area contributed by atoms with Gasteiger partial charge in [-0.15, -0.1) is 0 Å². The van der Waals surface area contributed by atoms with E-state index >= 15 is 0 Å². The Hall–Kier alpha value is -2.17. The molecule has 3 rings (SSSR count). The molecular formula is C23H29NO3. The van der Waals surface area contributed by atoms with Crippen molar-refractivity contribution in [2.24, 2.45) is 0 Å². The number of benzene rings is 2. The number of hydrogen-bond donors (Lipinski definition) is 0. The fourth-order valence-electron chi connectivity index (χ4n) is 3.22. The van der Waals surface area contributed by atoms with Crippen molar-refractivity contribution >= 4 is 5.97 Å². The van der Waals surface area contributed by atoms with E-state index in [0.29, 0.717) is 0 Å². The number of ether oxygens (including phenoxy) is 2. The number of carbonyl (C=O) groups excluding carboxylic acids is 1. The van der Waals surface area contributed by atoms with Crippen molar-refractivity contribution in [1.82, 2.24) is 4.90 Å². The molecule has 4 heteroatoms.